The van der Waals surface area contributed by atoms with Crippen molar-refractivity contribution in [3.05, 3.63) is 79.3 Å². The maximum atomic E-state index is 14.3. The van der Waals surface area contributed by atoms with Crippen molar-refractivity contribution < 1.29 is 27.8 Å². The largest absolute Gasteiger partial charge is 0.491 e. The Bertz CT molecular complexity index is 2200. The summed E-state index contributed by atoms with van der Waals surface area (Å²) in [5.41, 5.74) is -0.808. The summed E-state index contributed by atoms with van der Waals surface area (Å²) in [5, 5.41) is 20.2. The number of aryl methyl sites for hydroxylation is 2. The molecule has 48 heavy (non-hydrogen) atoms. The quantitative estimate of drug-likeness (QED) is 0.207. The SMILES string of the molecule is Cc1sc2c(-c3cc(Cl)ccc3OCCn3c(C)nc4cc(C(F)(F)F)c(N5CCN(C)CC5)c(C#N)c4c3=O)ccnc2c1C(=O)O. The van der Waals surface area contributed by atoms with Gasteiger partial charge in [0, 0.05) is 53.4 Å². The van der Waals surface area contributed by atoms with Crippen LogP contribution >= 0.6 is 22.9 Å². The number of carbonyl (C=O) groups is 1. The van der Waals surface area contributed by atoms with Gasteiger partial charge in [-0.25, -0.2) is 9.78 Å². The standard InChI is InChI=1S/C33H28ClF3N6O4S/c1-17-26(32(45)46)28-30(48-17)20(6-7-39-28)21-14-19(34)4-5-25(21)47-13-12-43-18(2)40-24-15-23(33(35,36)37)29(22(16-38)27(24)31(43)44)42-10-8-41(3)9-11-42/h4-7,14-15H,8-13H2,1-3H3,(H,45,46). The lowest BCUT2D eigenvalue weighted by Crippen LogP contribution is -2.45. The number of fused-ring (bicyclic) bond motifs is 2. The zero-order valence-corrected chi connectivity index (χ0v) is 27.6. The molecule has 248 valence electrons. The van der Waals surface area contributed by atoms with Crippen molar-refractivity contribution in [2.75, 3.05) is 44.7 Å². The molecule has 1 fully saturated rings. The predicted molar refractivity (Wildman–Crippen MR) is 177 cm³/mol. The van der Waals surface area contributed by atoms with Crippen molar-refractivity contribution in [2.24, 2.45) is 0 Å². The zero-order valence-electron chi connectivity index (χ0n) is 26.0. The van der Waals surface area contributed by atoms with Gasteiger partial charge in [0.25, 0.3) is 5.56 Å². The van der Waals surface area contributed by atoms with E-state index < -0.39 is 23.3 Å². The van der Waals surface area contributed by atoms with Crippen molar-refractivity contribution in [3.63, 3.8) is 0 Å². The molecule has 1 saturated heterocycles. The summed E-state index contributed by atoms with van der Waals surface area (Å²) in [6.45, 7) is 4.66. The van der Waals surface area contributed by atoms with Gasteiger partial charge < -0.3 is 19.6 Å². The minimum Gasteiger partial charge on any atom is -0.491 e. The second-order valence-electron chi connectivity index (χ2n) is 11.4. The summed E-state index contributed by atoms with van der Waals surface area (Å²) in [5.74, 6) is -0.525. The van der Waals surface area contributed by atoms with Gasteiger partial charge in [-0.2, -0.15) is 18.4 Å². The average Bonchev–Trinajstić information content (AvgIpc) is 3.38. The van der Waals surface area contributed by atoms with E-state index in [0.717, 1.165) is 6.07 Å². The molecular formula is C33H28ClF3N6O4S. The second-order valence-corrected chi connectivity index (χ2v) is 13.1. The van der Waals surface area contributed by atoms with E-state index in [1.807, 2.05) is 18.0 Å². The van der Waals surface area contributed by atoms with Crippen LogP contribution in [0, 0.1) is 25.2 Å². The van der Waals surface area contributed by atoms with Gasteiger partial charge in [0.1, 0.15) is 24.3 Å². The number of anilines is 1. The fourth-order valence-electron chi connectivity index (χ4n) is 6.08. The number of hydrogen-bond acceptors (Lipinski definition) is 9. The van der Waals surface area contributed by atoms with Crippen LogP contribution in [-0.2, 0) is 12.7 Å². The Morgan fingerprint density at radius 1 is 1.15 bits per heavy atom. The van der Waals surface area contributed by atoms with Crippen LogP contribution in [0.1, 0.15) is 32.2 Å². The van der Waals surface area contributed by atoms with Crippen molar-refractivity contribution in [1.82, 2.24) is 19.4 Å². The first-order valence-corrected chi connectivity index (χ1v) is 16.0. The minimum atomic E-state index is -4.77. The predicted octanol–water partition coefficient (Wildman–Crippen LogP) is 6.36. The number of rotatable bonds is 7. The highest BCUT2D eigenvalue weighted by Gasteiger charge is 2.39. The van der Waals surface area contributed by atoms with Crippen LogP contribution < -0.4 is 15.2 Å². The van der Waals surface area contributed by atoms with Crippen LogP contribution in [0.25, 0.3) is 32.2 Å². The first kappa shape index (κ1) is 33.2. The maximum Gasteiger partial charge on any atom is 0.418 e. The summed E-state index contributed by atoms with van der Waals surface area (Å²) < 4.78 is 51.1. The number of pyridine rings is 1. The van der Waals surface area contributed by atoms with E-state index in [1.54, 1.807) is 31.2 Å². The Morgan fingerprint density at radius 3 is 2.54 bits per heavy atom. The van der Waals surface area contributed by atoms with Gasteiger partial charge in [0.2, 0.25) is 0 Å². The van der Waals surface area contributed by atoms with Crippen LogP contribution in [0.2, 0.25) is 5.02 Å². The molecule has 6 rings (SSSR count). The molecule has 0 bridgehead atoms. The van der Waals surface area contributed by atoms with Crippen molar-refractivity contribution in [2.45, 2.75) is 26.6 Å². The summed E-state index contributed by atoms with van der Waals surface area (Å²) in [7, 11) is 1.87. The van der Waals surface area contributed by atoms with Gasteiger partial charge in [-0.05, 0) is 51.2 Å². The monoisotopic (exact) mass is 696 g/mol. The normalized spacial score (nSPS) is 14.1. The Hall–Kier alpha value is -4.71. The van der Waals surface area contributed by atoms with Gasteiger partial charge in [-0.3, -0.25) is 14.3 Å². The summed E-state index contributed by atoms with van der Waals surface area (Å²) in [6.07, 6.45) is -3.26. The van der Waals surface area contributed by atoms with Crippen LogP contribution in [0.15, 0.2) is 41.3 Å². The molecule has 1 aliphatic rings. The molecule has 5 aromatic rings. The molecule has 15 heteroatoms. The first-order chi connectivity index (χ1) is 22.8. The number of alkyl halides is 3. The molecule has 0 unspecified atom stereocenters. The Morgan fingerprint density at radius 2 is 1.88 bits per heavy atom. The highest BCUT2D eigenvalue weighted by atomic mass is 35.5. The Kier molecular flexibility index (Phi) is 8.80. The van der Waals surface area contributed by atoms with Crippen LogP contribution in [0.4, 0.5) is 18.9 Å². The lowest BCUT2D eigenvalue weighted by atomic mass is 10.00. The fraction of sp³-hybridized carbons (Fsp3) is 0.303. The molecule has 0 saturated carbocycles. The van der Waals surface area contributed by atoms with E-state index in [0.29, 0.717) is 50.1 Å². The van der Waals surface area contributed by atoms with Gasteiger partial charge in [-0.15, -0.1) is 11.3 Å². The van der Waals surface area contributed by atoms with E-state index in [1.165, 1.54) is 33.9 Å². The summed E-state index contributed by atoms with van der Waals surface area (Å²) in [6, 6.07) is 9.47. The maximum absolute atomic E-state index is 14.3. The average molecular weight is 697 g/mol. The molecule has 0 radical (unpaired) electrons. The summed E-state index contributed by atoms with van der Waals surface area (Å²) in [4.78, 5) is 38.6. The van der Waals surface area contributed by atoms with E-state index in [-0.39, 0.29) is 59.8 Å². The van der Waals surface area contributed by atoms with Gasteiger partial charge in [-0.1, -0.05) is 11.6 Å². The van der Waals surface area contributed by atoms with Gasteiger partial charge in [0.05, 0.1) is 50.0 Å². The third kappa shape index (κ3) is 5.93. The number of benzene rings is 2. The number of likely N-dealkylation sites (N-methyl/N-ethyl adjacent to an activating group) is 1. The fourth-order valence-corrected chi connectivity index (χ4v) is 7.38. The highest BCUT2D eigenvalue weighted by molar-refractivity contribution is 7.20. The topological polar surface area (TPSA) is 125 Å². The Balaban J connectivity index is 1.38. The third-order valence-corrected chi connectivity index (χ3v) is 9.78. The molecule has 2 aromatic carbocycles. The molecule has 0 spiro atoms. The molecule has 0 atom stereocenters. The number of nitriles is 1. The molecule has 1 N–H and O–H groups in total. The number of hydrogen-bond donors (Lipinski definition) is 1. The van der Waals surface area contributed by atoms with Gasteiger partial charge in [0.15, 0.2) is 0 Å². The smallest absolute Gasteiger partial charge is 0.418 e. The lowest BCUT2D eigenvalue weighted by molar-refractivity contribution is -0.137. The molecule has 10 nitrogen and oxygen atoms in total. The molecule has 0 aliphatic carbocycles. The first-order valence-electron chi connectivity index (χ1n) is 14.8. The second kappa shape index (κ2) is 12.7. The van der Waals surface area contributed by atoms with Crippen molar-refractivity contribution in [3.8, 4) is 22.9 Å². The van der Waals surface area contributed by atoms with E-state index >= 15 is 0 Å². The molecule has 3 aromatic heterocycles. The number of halogens is 4. The van der Waals surface area contributed by atoms with E-state index in [4.69, 9.17) is 16.3 Å². The highest BCUT2D eigenvalue weighted by Crippen LogP contribution is 2.43. The Labute approximate surface area is 281 Å². The molecular weight excluding hydrogens is 669 g/mol. The number of aromatic nitrogens is 3. The molecule has 0 amide bonds. The molecule has 1 aliphatic heterocycles. The van der Waals surface area contributed by atoms with Gasteiger partial charge >= 0.3 is 12.1 Å². The number of nitrogens with zero attached hydrogens (tertiary/aromatic N) is 6. The number of ether oxygens (including phenoxy) is 1. The number of carboxylic acid groups (broad SMARTS) is 1. The number of carboxylic acids is 1. The third-order valence-electron chi connectivity index (χ3n) is 8.41. The van der Waals surface area contributed by atoms with E-state index in [9.17, 15) is 33.1 Å². The van der Waals surface area contributed by atoms with E-state index in [2.05, 4.69) is 9.97 Å². The lowest BCUT2D eigenvalue weighted by Gasteiger charge is -2.36. The van der Waals surface area contributed by atoms with Crippen molar-refractivity contribution in [1.29, 1.82) is 5.26 Å². The molecule has 4 heterocycles. The van der Waals surface area contributed by atoms with Crippen molar-refractivity contribution >= 4 is 55.7 Å². The minimum absolute atomic E-state index is 0.0293. The van der Waals surface area contributed by atoms with Crippen LogP contribution in [-0.4, -0.2) is 70.3 Å². The number of piperazine rings is 1. The summed E-state index contributed by atoms with van der Waals surface area (Å²) >= 11 is 7.65. The van der Waals surface area contributed by atoms with Crippen LogP contribution in [0.5, 0.6) is 5.75 Å². The number of aromatic carboxylic acids is 1. The number of thiophene rings is 1. The van der Waals surface area contributed by atoms with Crippen LogP contribution in [0.3, 0.4) is 0 Å². The zero-order chi connectivity index (χ0) is 34.5.